The van der Waals surface area contributed by atoms with Crippen LogP contribution in [0.15, 0.2) is 16.6 Å². The van der Waals surface area contributed by atoms with Gasteiger partial charge in [-0.1, -0.05) is 18.0 Å². The second-order valence-corrected chi connectivity index (χ2v) is 7.47. The summed E-state index contributed by atoms with van der Waals surface area (Å²) >= 11 is 9.46. The first-order valence-corrected chi connectivity index (χ1v) is 9.22. The Balaban J connectivity index is 1.57. The third kappa shape index (κ3) is 3.84. The standard InChI is InChI=1S/C17H21BrClNO2/c18-15-10-12(19)9-14-16(21)11-13(22-17(14)15)5-4-8-20-6-2-1-3-7-20/h9-10,13H,1-8,11H2. The van der Waals surface area contributed by atoms with E-state index in [0.717, 1.165) is 23.9 Å². The van der Waals surface area contributed by atoms with Crippen LogP contribution in [0.3, 0.4) is 0 Å². The number of carbonyl (C=O) groups is 1. The Morgan fingerprint density at radius 1 is 1.27 bits per heavy atom. The third-order valence-electron chi connectivity index (χ3n) is 4.46. The van der Waals surface area contributed by atoms with Crippen molar-refractivity contribution < 1.29 is 9.53 Å². The van der Waals surface area contributed by atoms with E-state index in [1.165, 1.54) is 32.4 Å². The Morgan fingerprint density at radius 3 is 2.82 bits per heavy atom. The van der Waals surface area contributed by atoms with E-state index in [0.29, 0.717) is 22.8 Å². The van der Waals surface area contributed by atoms with Gasteiger partial charge < -0.3 is 9.64 Å². The van der Waals surface area contributed by atoms with Crippen molar-refractivity contribution in [2.75, 3.05) is 19.6 Å². The molecule has 3 nitrogen and oxygen atoms in total. The van der Waals surface area contributed by atoms with E-state index >= 15 is 0 Å². The predicted molar refractivity (Wildman–Crippen MR) is 92.0 cm³/mol. The van der Waals surface area contributed by atoms with Crippen molar-refractivity contribution in [3.8, 4) is 5.75 Å². The van der Waals surface area contributed by atoms with Crippen LogP contribution in [0, 0.1) is 0 Å². The summed E-state index contributed by atoms with van der Waals surface area (Å²) in [4.78, 5) is 14.8. The Labute approximate surface area is 145 Å². The van der Waals surface area contributed by atoms with Crippen LogP contribution in [-0.4, -0.2) is 36.4 Å². The van der Waals surface area contributed by atoms with E-state index in [-0.39, 0.29) is 11.9 Å². The van der Waals surface area contributed by atoms with Gasteiger partial charge in [0.1, 0.15) is 11.9 Å². The molecule has 120 valence electrons. The molecule has 1 aromatic carbocycles. The summed E-state index contributed by atoms with van der Waals surface area (Å²) in [6, 6.07) is 3.48. The maximum absolute atomic E-state index is 12.3. The highest BCUT2D eigenvalue weighted by Gasteiger charge is 2.28. The molecule has 1 fully saturated rings. The van der Waals surface area contributed by atoms with Crippen LogP contribution < -0.4 is 4.74 Å². The molecule has 1 unspecified atom stereocenters. The summed E-state index contributed by atoms with van der Waals surface area (Å²) in [6.45, 7) is 3.55. The lowest BCUT2D eigenvalue weighted by Crippen LogP contribution is -2.32. The number of carbonyl (C=O) groups excluding carboxylic acids is 1. The molecule has 2 aliphatic rings. The number of benzene rings is 1. The minimum atomic E-state index is -0.0118. The van der Waals surface area contributed by atoms with Gasteiger partial charge in [0.05, 0.1) is 10.0 Å². The lowest BCUT2D eigenvalue weighted by atomic mass is 9.98. The number of nitrogens with zero attached hydrogens (tertiary/aromatic N) is 1. The van der Waals surface area contributed by atoms with Crippen LogP contribution >= 0.6 is 27.5 Å². The maximum Gasteiger partial charge on any atom is 0.170 e. The zero-order chi connectivity index (χ0) is 15.5. The summed E-state index contributed by atoms with van der Waals surface area (Å²) in [5, 5.41) is 0.561. The van der Waals surface area contributed by atoms with Crippen molar-refractivity contribution in [3.63, 3.8) is 0 Å². The van der Waals surface area contributed by atoms with E-state index in [2.05, 4.69) is 20.8 Å². The van der Waals surface area contributed by atoms with Crippen molar-refractivity contribution in [2.45, 2.75) is 44.6 Å². The molecule has 1 aromatic rings. The molecule has 0 amide bonds. The van der Waals surface area contributed by atoms with E-state index in [1.54, 1.807) is 12.1 Å². The normalized spacial score (nSPS) is 22.3. The third-order valence-corrected chi connectivity index (χ3v) is 5.26. The Hall–Kier alpha value is -0.580. The summed E-state index contributed by atoms with van der Waals surface area (Å²) in [6.07, 6.45) is 6.46. The fourth-order valence-electron chi connectivity index (χ4n) is 3.30. The number of rotatable bonds is 4. The second kappa shape index (κ2) is 7.33. The summed E-state index contributed by atoms with van der Waals surface area (Å²) in [5.74, 6) is 0.788. The molecular weight excluding hydrogens is 366 g/mol. The molecule has 2 heterocycles. The summed E-state index contributed by atoms with van der Waals surface area (Å²) in [5.41, 5.74) is 0.603. The predicted octanol–water partition coefficient (Wildman–Crippen LogP) is 4.70. The topological polar surface area (TPSA) is 29.5 Å². The van der Waals surface area contributed by atoms with E-state index in [1.807, 2.05) is 0 Å². The van der Waals surface area contributed by atoms with E-state index in [4.69, 9.17) is 16.3 Å². The molecule has 22 heavy (non-hydrogen) atoms. The Kier molecular flexibility index (Phi) is 5.42. The fraction of sp³-hybridized carbons (Fsp3) is 0.588. The second-order valence-electron chi connectivity index (χ2n) is 6.18. The highest BCUT2D eigenvalue weighted by molar-refractivity contribution is 9.10. The number of ether oxygens (including phenoxy) is 1. The van der Waals surface area contributed by atoms with Gasteiger partial charge >= 0.3 is 0 Å². The van der Waals surface area contributed by atoms with Crippen LogP contribution in [0.4, 0.5) is 0 Å². The van der Waals surface area contributed by atoms with Gasteiger partial charge in [-0.05, 0) is 73.4 Å². The van der Waals surface area contributed by atoms with E-state index < -0.39 is 0 Å². The minimum absolute atomic E-state index is 0.0118. The molecule has 1 atom stereocenters. The molecule has 0 radical (unpaired) electrons. The number of hydrogen-bond donors (Lipinski definition) is 0. The summed E-state index contributed by atoms with van der Waals surface area (Å²) in [7, 11) is 0. The van der Waals surface area contributed by atoms with Gasteiger partial charge in [0.15, 0.2) is 5.78 Å². The Bertz CT molecular complexity index is 558. The van der Waals surface area contributed by atoms with Gasteiger partial charge in [0.2, 0.25) is 0 Å². The number of Topliss-reactive ketones (excluding diaryl/α,β-unsaturated/α-hetero) is 1. The molecule has 1 saturated heterocycles. The first kappa shape index (κ1) is 16.3. The molecule has 2 aliphatic heterocycles. The molecule has 0 aromatic heterocycles. The maximum atomic E-state index is 12.3. The quantitative estimate of drug-likeness (QED) is 0.751. The van der Waals surface area contributed by atoms with Crippen LogP contribution in [0.1, 0.15) is 48.9 Å². The highest BCUT2D eigenvalue weighted by Crippen LogP contribution is 2.38. The fourth-order valence-corrected chi connectivity index (χ4v) is 4.20. The molecule has 0 bridgehead atoms. The highest BCUT2D eigenvalue weighted by atomic mass is 79.9. The van der Waals surface area contributed by atoms with Gasteiger partial charge in [0.25, 0.3) is 0 Å². The molecule has 3 rings (SSSR count). The van der Waals surface area contributed by atoms with Gasteiger partial charge in [0, 0.05) is 11.4 Å². The monoisotopic (exact) mass is 385 g/mol. The lowest BCUT2D eigenvalue weighted by Gasteiger charge is -2.29. The number of hydrogen-bond acceptors (Lipinski definition) is 3. The largest absolute Gasteiger partial charge is 0.488 e. The van der Waals surface area contributed by atoms with Crippen LogP contribution in [0.5, 0.6) is 5.75 Å². The average Bonchev–Trinajstić information content (AvgIpc) is 2.50. The number of piperidine rings is 1. The SMILES string of the molecule is O=C1CC(CCCN2CCCCC2)Oc2c(Br)cc(Cl)cc21. The first-order valence-electron chi connectivity index (χ1n) is 8.05. The van der Waals surface area contributed by atoms with Crippen LogP contribution in [0.25, 0.3) is 0 Å². The van der Waals surface area contributed by atoms with Crippen LogP contribution in [0.2, 0.25) is 5.02 Å². The molecule has 0 N–H and O–H groups in total. The van der Waals surface area contributed by atoms with Crippen molar-refractivity contribution in [1.29, 1.82) is 0 Å². The smallest absolute Gasteiger partial charge is 0.170 e. The van der Waals surface area contributed by atoms with Gasteiger partial charge in [-0.2, -0.15) is 0 Å². The van der Waals surface area contributed by atoms with Crippen molar-refractivity contribution in [3.05, 3.63) is 27.2 Å². The summed E-state index contributed by atoms with van der Waals surface area (Å²) < 4.78 is 6.80. The van der Waals surface area contributed by atoms with Crippen molar-refractivity contribution >= 4 is 33.3 Å². The number of likely N-dealkylation sites (tertiary alicyclic amines) is 1. The molecular formula is C17H21BrClNO2. The molecule has 0 aliphatic carbocycles. The number of fused-ring (bicyclic) bond motifs is 1. The average molecular weight is 387 g/mol. The van der Waals surface area contributed by atoms with Gasteiger partial charge in [-0.3, -0.25) is 4.79 Å². The molecule has 0 saturated carbocycles. The molecule has 0 spiro atoms. The lowest BCUT2D eigenvalue weighted by molar-refractivity contribution is 0.0826. The zero-order valence-corrected chi connectivity index (χ0v) is 15.0. The van der Waals surface area contributed by atoms with Gasteiger partial charge in [-0.15, -0.1) is 0 Å². The van der Waals surface area contributed by atoms with Gasteiger partial charge in [-0.25, -0.2) is 0 Å². The zero-order valence-electron chi connectivity index (χ0n) is 12.6. The Morgan fingerprint density at radius 2 is 2.05 bits per heavy atom. The van der Waals surface area contributed by atoms with Crippen molar-refractivity contribution in [2.24, 2.45) is 0 Å². The first-order chi connectivity index (χ1) is 10.6. The number of ketones is 1. The van der Waals surface area contributed by atoms with Crippen LogP contribution in [-0.2, 0) is 0 Å². The van der Waals surface area contributed by atoms with Crippen molar-refractivity contribution in [1.82, 2.24) is 4.90 Å². The number of halogens is 2. The molecule has 5 heteroatoms. The van der Waals surface area contributed by atoms with E-state index in [9.17, 15) is 4.79 Å². The minimum Gasteiger partial charge on any atom is -0.488 e.